The maximum Gasteiger partial charge on any atom is 0.234 e. The fourth-order valence-electron chi connectivity index (χ4n) is 2.72. The number of aromatic nitrogens is 3. The highest BCUT2D eigenvalue weighted by atomic mass is 35.5. The van der Waals surface area contributed by atoms with Gasteiger partial charge in [0.05, 0.1) is 12.3 Å². The quantitative estimate of drug-likeness (QED) is 0.558. The number of carbonyl (C=O) groups is 1. The number of rotatable bonds is 7. The van der Waals surface area contributed by atoms with E-state index in [4.69, 9.17) is 11.6 Å². The van der Waals surface area contributed by atoms with Crippen LogP contribution in [0.3, 0.4) is 0 Å². The van der Waals surface area contributed by atoms with Gasteiger partial charge in [0.1, 0.15) is 0 Å². The molecule has 0 spiro atoms. The summed E-state index contributed by atoms with van der Waals surface area (Å²) in [6, 6.07) is 13.5. The topological polar surface area (TPSA) is 71.8 Å². The summed E-state index contributed by atoms with van der Waals surface area (Å²) in [5.74, 6) is 0.975. The van der Waals surface area contributed by atoms with E-state index in [1.165, 1.54) is 11.8 Å². The molecule has 146 valence electrons. The fourth-order valence-corrected chi connectivity index (χ4v) is 3.64. The number of carbonyl (C=O) groups excluding carboxylic acids is 1. The molecule has 2 N–H and O–H groups in total. The summed E-state index contributed by atoms with van der Waals surface area (Å²) in [5.41, 5.74) is 3.88. The molecular weight excluding hydrogens is 394 g/mol. The number of nitrogens with one attached hydrogen (secondary N) is 2. The average Bonchev–Trinajstić information content (AvgIpc) is 3.01. The highest BCUT2D eigenvalue weighted by molar-refractivity contribution is 7.99. The molecule has 1 amide bonds. The average molecular weight is 416 g/mol. The molecule has 1 heterocycles. The van der Waals surface area contributed by atoms with E-state index in [9.17, 15) is 4.79 Å². The van der Waals surface area contributed by atoms with Gasteiger partial charge in [-0.25, -0.2) is 0 Å². The normalized spacial score (nSPS) is 10.7. The lowest BCUT2D eigenvalue weighted by Gasteiger charge is -2.11. The van der Waals surface area contributed by atoms with Gasteiger partial charge in [-0.2, -0.15) is 0 Å². The van der Waals surface area contributed by atoms with Crippen LogP contribution in [-0.4, -0.2) is 26.4 Å². The highest BCUT2D eigenvalue weighted by Gasteiger charge is 2.13. The zero-order valence-corrected chi connectivity index (χ0v) is 17.6. The minimum absolute atomic E-state index is 0.0657. The van der Waals surface area contributed by atoms with Gasteiger partial charge in [-0.05, 0) is 43.2 Å². The predicted octanol–water partition coefficient (Wildman–Crippen LogP) is 4.43. The van der Waals surface area contributed by atoms with Crippen molar-refractivity contribution in [2.24, 2.45) is 7.05 Å². The van der Waals surface area contributed by atoms with Crippen molar-refractivity contribution < 1.29 is 4.79 Å². The molecule has 28 heavy (non-hydrogen) atoms. The van der Waals surface area contributed by atoms with E-state index in [0.29, 0.717) is 16.7 Å². The molecule has 0 saturated carbocycles. The third-order valence-electron chi connectivity index (χ3n) is 4.28. The SMILES string of the molecule is Cc1cccc(C)c1NC(=O)CSc1nnc(CNc2cccc(Cl)c2)n1C. The number of hydrogen-bond acceptors (Lipinski definition) is 5. The van der Waals surface area contributed by atoms with Gasteiger partial charge >= 0.3 is 0 Å². The Kier molecular flexibility index (Phi) is 6.59. The van der Waals surface area contributed by atoms with Crippen LogP contribution in [0, 0.1) is 13.8 Å². The molecule has 1 aromatic heterocycles. The summed E-state index contributed by atoms with van der Waals surface area (Å²) >= 11 is 7.36. The molecule has 0 aliphatic heterocycles. The molecule has 0 fully saturated rings. The van der Waals surface area contributed by atoms with Crippen molar-refractivity contribution in [1.29, 1.82) is 0 Å². The second-order valence-electron chi connectivity index (χ2n) is 6.43. The Bertz CT molecular complexity index is 968. The maximum atomic E-state index is 12.3. The van der Waals surface area contributed by atoms with Crippen molar-refractivity contribution in [2.75, 3.05) is 16.4 Å². The van der Waals surface area contributed by atoms with E-state index >= 15 is 0 Å². The number of thioether (sulfide) groups is 1. The van der Waals surface area contributed by atoms with Crippen molar-refractivity contribution in [3.8, 4) is 0 Å². The third kappa shape index (κ3) is 5.05. The van der Waals surface area contributed by atoms with E-state index < -0.39 is 0 Å². The van der Waals surface area contributed by atoms with Crippen molar-refractivity contribution in [3.05, 3.63) is 64.4 Å². The summed E-state index contributed by atoms with van der Waals surface area (Å²) in [5, 5.41) is 16.0. The van der Waals surface area contributed by atoms with Gasteiger partial charge in [0, 0.05) is 23.4 Å². The first-order chi connectivity index (χ1) is 13.4. The molecule has 0 radical (unpaired) electrons. The van der Waals surface area contributed by atoms with Crippen LogP contribution in [0.1, 0.15) is 17.0 Å². The van der Waals surface area contributed by atoms with E-state index in [1.54, 1.807) is 0 Å². The van der Waals surface area contributed by atoms with Crippen LogP contribution in [0.5, 0.6) is 0 Å². The first-order valence-electron chi connectivity index (χ1n) is 8.80. The molecule has 2 aromatic carbocycles. The van der Waals surface area contributed by atoms with Gasteiger partial charge in [0.25, 0.3) is 0 Å². The Morgan fingerprint density at radius 2 is 1.86 bits per heavy atom. The summed E-state index contributed by atoms with van der Waals surface area (Å²) in [4.78, 5) is 12.3. The number of anilines is 2. The first kappa shape index (κ1) is 20.2. The van der Waals surface area contributed by atoms with E-state index in [2.05, 4.69) is 20.8 Å². The van der Waals surface area contributed by atoms with Crippen LogP contribution in [0.2, 0.25) is 5.02 Å². The zero-order chi connectivity index (χ0) is 20.1. The molecule has 0 unspecified atom stereocenters. The largest absolute Gasteiger partial charge is 0.378 e. The van der Waals surface area contributed by atoms with Crippen molar-refractivity contribution in [2.45, 2.75) is 25.5 Å². The second-order valence-corrected chi connectivity index (χ2v) is 7.80. The Morgan fingerprint density at radius 1 is 1.14 bits per heavy atom. The van der Waals surface area contributed by atoms with Crippen molar-refractivity contribution in [1.82, 2.24) is 14.8 Å². The van der Waals surface area contributed by atoms with E-state index in [1.807, 2.05) is 67.9 Å². The van der Waals surface area contributed by atoms with E-state index in [-0.39, 0.29) is 11.7 Å². The van der Waals surface area contributed by atoms with Crippen molar-refractivity contribution >= 4 is 40.6 Å². The Balaban J connectivity index is 1.56. The van der Waals surface area contributed by atoms with Crippen LogP contribution < -0.4 is 10.6 Å². The minimum atomic E-state index is -0.0657. The molecule has 0 atom stereocenters. The standard InChI is InChI=1S/C20H22ClN5OS/c1-13-6-4-7-14(2)19(13)23-18(27)12-28-20-25-24-17(26(20)3)11-22-16-9-5-8-15(21)10-16/h4-10,22H,11-12H2,1-3H3,(H,23,27). The maximum absolute atomic E-state index is 12.3. The molecule has 3 aromatic rings. The Morgan fingerprint density at radius 3 is 2.57 bits per heavy atom. The second kappa shape index (κ2) is 9.12. The smallest absolute Gasteiger partial charge is 0.234 e. The number of hydrogen-bond donors (Lipinski definition) is 2. The molecule has 0 saturated heterocycles. The number of nitrogens with zero attached hydrogens (tertiary/aromatic N) is 3. The molecule has 3 rings (SSSR count). The van der Waals surface area contributed by atoms with Gasteiger partial charge in [0.2, 0.25) is 5.91 Å². The lowest BCUT2D eigenvalue weighted by Crippen LogP contribution is -2.16. The number of para-hydroxylation sites is 1. The molecule has 0 aliphatic carbocycles. The van der Waals surface area contributed by atoms with Gasteiger partial charge in [-0.3, -0.25) is 4.79 Å². The summed E-state index contributed by atoms with van der Waals surface area (Å²) in [6.45, 7) is 4.48. The van der Waals surface area contributed by atoms with Crippen LogP contribution in [-0.2, 0) is 18.4 Å². The van der Waals surface area contributed by atoms with Crippen LogP contribution in [0.15, 0.2) is 47.6 Å². The van der Waals surface area contributed by atoms with E-state index in [0.717, 1.165) is 28.3 Å². The Labute approximate surface area is 173 Å². The zero-order valence-electron chi connectivity index (χ0n) is 16.0. The third-order valence-corrected chi connectivity index (χ3v) is 5.53. The lowest BCUT2D eigenvalue weighted by molar-refractivity contribution is -0.113. The molecule has 0 aliphatic rings. The molecular formula is C20H22ClN5OS. The summed E-state index contributed by atoms with van der Waals surface area (Å²) < 4.78 is 1.88. The summed E-state index contributed by atoms with van der Waals surface area (Å²) in [6.07, 6.45) is 0. The first-order valence-corrected chi connectivity index (χ1v) is 10.2. The Hall–Kier alpha value is -2.51. The highest BCUT2D eigenvalue weighted by Crippen LogP contribution is 2.21. The monoisotopic (exact) mass is 415 g/mol. The summed E-state index contributed by atoms with van der Waals surface area (Å²) in [7, 11) is 1.89. The van der Waals surface area contributed by atoms with Gasteiger partial charge in [-0.15, -0.1) is 10.2 Å². The number of aryl methyl sites for hydroxylation is 2. The lowest BCUT2D eigenvalue weighted by atomic mass is 10.1. The van der Waals surface area contributed by atoms with Gasteiger partial charge in [0.15, 0.2) is 11.0 Å². The fraction of sp³-hybridized carbons (Fsp3) is 0.250. The number of halogens is 1. The minimum Gasteiger partial charge on any atom is -0.378 e. The van der Waals surface area contributed by atoms with Crippen LogP contribution >= 0.6 is 23.4 Å². The van der Waals surface area contributed by atoms with Crippen LogP contribution in [0.4, 0.5) is 11.4 Å². The van der Waals surface area contributed by atoms with Gasteiger partial charge < -0.3 is 15.2 Å². The molecule has 0 bridgehead atoms. The predicted molar refractivity (Wildman–Crippen MR) is 115 cm³/mol. The molecule has 6 nitrogen and oxygen atoms in total. The number of benzene rings is 2. The molecule has 8 heteroatoms. The van der Waals surface area contributed by atoms with Crippen LogP contribution in [0.25, 0.3) is 0 Å². The number of amides is 1. The van der Waals surface area contributed by atoms with Crippen molar-refractivity contribution in [3.63, 3.8) is 0 Å². The van der Waals surface area contributed by atoms with Gasteiger partial charge in [-0.1, -0.05) is 47.6 Å².